The highest BCUT2D eigenvalue weighted by atomic mass is 35.5. The highest BCUT2D eigenvalue weighted by molar-refractivity contribution is 6.26. The first-order chi connectivity index (χ1) is 7.73. The number of hydrogen-bond acceptors (Lipinski definition) is 0. The van der Waals surface area contributed by atoms with E-state index < -0.39 is 0 Å². The quantitative estimate of drug-likeness (QED) is 0.532. The van der Waals surface area contributed by atoms with Crippen LogP contribution in [0.25, 0.3) is 0 Å². The van der Waals surface area contributed by atoms with E-state index in [1.807, 2.05) is 6.07 Å². The van der Waals surface area contributed by atoms with Crippen molar-refractivity contribution in [2.75, 3.05) is 0 Å². The van der Waals surface area contributed by atoms with E-state index in [1.54, 1.807) is 0 Å². The van der Waals surface area contributed by atoms with E-state index in [0.717, 1.165) is 12.8 Å². The molecular formula is C15H16Cl. The maximum absolute atomic E-state index is 6.40. The minimum absolute atomic E-state index is 0.324. The maximum Gasteiger partial charge on any atom is 0.0875 e. The van der Waals surface area contributed by atoms with Crippen molar-refractivity contribution in [1.29, 1.82) is 0 Å². The molecule has 1 aliphatic rings. The average molecular weight is 232 g/mol. The van der Waals surface area contributed by atoms with Gasteiger partial charge in [0.1, 0.15) is 0 Å². The molecule has 1 aliphatic carbocycles. The lowest BCUT2D eigenvalue weighted by molar-refractivity contribution is 0.694. The molecule has 0 nitrogen and oxygen atoms in total. The van der Waals surface area contributed by atoms with Gasteiger partial charge in [0.15, 0.2) is 0 Å². The summed E-state index contributed by atoms with van der Waals surface area (Å²) in [6.07, 6.45) is 11.7. The smallest absolute Gasteiger partial charge is 0.0875 e. The van der Waals surface area contributed by atoms with E-state index in [-0.39, 0.29) is 4.87 Å². The molecule has 0 amide bonds. The topological polar surface area (TPSA) is 0 Å². The lowest BCUT2D eigenvalue weighted by atomic mass is 9.88. The third-order valence-corrected chi connectivity index (χ3v) is 3.29. The van der Waals surface area contributed by atoms with Gasteiger partial charge in [-0.15, -0.1) is 11.6 Å². The van der Waals surface area contributed by atoms with Crippen molar-refractivity contribution < 1.29 is 0 Å². The van der Waals surface area contributed by atoms with Crippen LogP contribution in [0.15, 0.2) is 48.6 Å². The van der Waals surface area contributed by atoms with Crippen LogP contribution in [0.3, 0.4) is 0 Å². The largest absolute Gasteiger partial charge is 0.110 e. The van der Waals surface area contributed by atoms with Gasteiger partial charge in [-0.1, -0.05) is 61.9 Å². The van der Waals surface area contributed by atoms with E-state index in [0.29, 0.717) is 5.92 Å². The summed E-state index contributed by atoms with van der Waals surface area (Å²) in [5, 5.41) is 0. The zero-order chi connectivity index (χ0) is 11.4. The van der Waals surface area contributed by atoms with Crippen LogP contribution in [0.5, 0.6) is 0 Å². The Hall–Kier alpha value is -1.01. The average Bonchev–Trinajstić information content (AvgIpc) is 2.31. The molecule has 2 unspecified atom stereocenters. The Kier molecular flexibility index (Phi) is 3.50. The Bertz CT molecular complexity index is 375. The van der Waals surface area contributed by atoms with Crippen LogP contribution < -0.4 is 0 Å². The van der Waals surface area contributed by atoms with Gasteiger partial charge in [-0.25, -0.2) is 0 Å². The van der Waals surface area contributed by atoms with Gasteiger partial charge in [-0.05, 0) is 18.1 Å². The first-order valence-corrected chi connectivity index (χ1v) is 6.15. The third-order valence-electron chi connectivity index (χ3n) is 2.87. The van der Waals surface area contributed by atoms with Crippen LogP contribution >= 0.6 is 11.6 Å². The zero-order valence-corrected chi connectivity index (χ0v) is 10.2. The fraction of sp³-hybridized carbons (Fsp3) is 0.333. The fourth-order valence-electron chi connectivity index (χ4n) is 1.99. The van der Waals surface area contributed by atoms with E-state index in [4.69, 9.17) is 11.6 Å². The Morgan fingerprint density at radius 2 is 2.06 bits per heavy atom. The number of halogens is 1. The van der Waals surface area contributed by atoms with Gasteiger partial charge < -0.3 is 0 Å². The molecule has 0 aromatic heterocycles. The molecule has 0 saturated carbocycles. The molecule has 2 rings (SSSR count). The summed E-state index contributed by atoms with van der Waals surface area (Å²) < 4.78 is 0. The van der Waals surface area contributed by atoms with Gasteiger partial charge in [0, 0.05) is 5.92 Å². The van der Waals surface area contributed by atoms with E-state index >= 15 is 0 Å². The molecule has 0 bridgehead atoms. The molecule has 1 radical (unpaired) electrons. The number of rotatable bonds is 3. The van der Waals surface area contributed by atoms with Crippen LogP contribution in [0.1, 0.15) is 31.2 Å². The molecule has 0 aliphatic heterocycles. The Morgan fingerprint density at radius 1 is 1.31 bits per heavy atom. The summed E-state index contributed by atoms with van der Waals surface area (Å²) in [7, 11) is 0. The van der Waals surface area contributed by atoms with Gasteiger partial charge >= 0.3 is 0 Å². The molecule has 0 saturated heterocycles. The summed E-state index contributed by atoms with van der Waals surface area (Å²) >= 11 is 6.40. The highest BCUT2D eigenvalue weighted by Crippen LogP contribution is 2.32. The second kappa shape index (κ2) is 4.88. The first-order valence-electron chi connectivity index (χ1n) is 5.78. The fourth-order valence-corrected chi connectivity index (χ4v) is 2.31. The monoisotopic (exact) mass is 231 g/mol. The van der Waals surface area contributed by atoms with E-state index in [2.05, 4.69) is 55.5 Å². The molecule has 0 N–H and O–H groups in total. The van der Waals surface area contributed by atoms with Gasteiger partial charge in [0.2, 0.25) is 0 Å². The summed E-state index contributed by atoms with van der Waals surface area (Å²) in [5.74, 6) is 0.324. The standard InChI is InChI=1S/C15H16Cl/c1-2-10-15(16)11-8-14(9-12-15)13-6-4-3-5-7-13/h3-9,11,14H,2,10H2,1H3. The molecule has 1 aromatic rings. The summed E-state index contributed by atoms with van der Waals surface area (Å²) in [4.78, 5) is -0.375. The van der Waals surface area contributed by atoms with E-state index in [9.17, 15) is 0 Å². The van der Waals surface area contributed by atoms with Gasteiger partial charge in [0.25, 0.3) is 0 Å². The number of allylic oxidation sites excluding steroid dienone is 4. The SMILES string of the molecule is CCCC1(Cl)[C]=CC(c2ccccc2)C=C1. The van der Waals surface area contributed by atoms with Crippen molar-refractivity contribution in [1.82, 2.24) is 0 Å². The summed E-state index contributed by atoms with van der Waals surface area (Å²) in [6, 6.07) is 10.4. The van der Waals surface area contributed by atoms with Crippen molar-refractivity contribution >= 4 is 11.6 Å². The molecule has 0 heterocycles. The molecular weight excluding hydrogens is 216 g/mol. The van der Waals surface area contributed by atoms with Gasteiger partial charge in [-0.2, -0.15) is 0 Å². The normalized spacial score (nSPS) is 28.2. The molecule has 83 valence electrons. The Labute approximate surface area is 103 Å². The van der Waals surface area contributed by atoms with Crippen LogP contribution in [-0.4, -0.2) is 4.87 Å². The summed E-state index contributed by atoms with van der Waals surface area (Å²) in [6.45, 7) is 2.14. The van der Waals surface area contributed by atoms with Crippen LogP contribution in [-0.2, 0) is 0 Å². The van der Waals surface area contributed by atoms with Crippen LogP contribution in [0.4, 0.5) is 0 Å². The Balaban J connectivity index is 2.12. The number of alkyl halides is 1. The minimum Gasteiger partial charge on any atom is -0.110 e. The van der Waals surface area contributed by atoms with E-state index in [1.165, 1.54) is 5.56 Å². The first kappa shape index (κ1) is 11.5. The molecule has 2 atom stereocenters. The highest BCUT2D eigenvalue weighted by Gasteiger charge is 2.23. The van der Waals surface area contributed by atoms with Crippen molar-refractivity contribution in [2.24, 2.45) is 0 Å². The molecule has 1 heteroatoms. The predicted molar refractivity (Wildman–Crippen MR) is 69.6 cm³/mol. The van der Waals surface area contributed by atoms with Gasteiger partial charge in [0.05, 0.1) is 4.87 Å². The van der Waals surface area contributed by atoms with Gasteiger partial charge in [-0.3, -0.25) is 0 Å². The maximum atomic E-state index is 6.40. The lowest BCUT2D eigenvalue weighted by Gasteiger charge is -2.23. The third kappa shape index (κ3) is 2.56. The summed E-state index contributed by atoms with van der Waals surface area (Å²) in [5.41, 5.74) is 1.29. The zero-order valence-electron chi connectivity index (χ0n) is 9.49. The number of benzene rings is 1. The van der Waals surface area contributed by atoms with Crippen LogP contribution in [0.2, 0.25) is 0 Å². The lowest BCUT2D eigenvalue weighted by Crippen LogP contribution is -2.18. The van der Waals surface area contributed by atoms with Crippen LogP contribution in [0, 0.1) is 6.08 Å². The van der Waals surface area contributed by atoms with Crippen molar-refractivity contribution in [2.45, 2.75) is 30.6 Å². The molecule has 0 fully saturated rings. The van der Waals surface area contributed by atoms with Crippen molar-refractivity contribution in [3.63, 3.8) is 0 Å². The molecule has 0 spiro atoms. The molecule has 16 heavy (non-hydrogen) atoms. The Morgan fingerprint density at radius 3 is 2.62 bits per heavy atom. The minimum atomic E-state index is -0.375. The number of hydrogen-bond donors (Lipinski definition) is 0. The van der Waals surface area contributed by atoms with Crippen molar-refractivity contribution in [3.8, 4) is 0 Å². The van der Waals surface area contributed by atoms with Crippen molar-refractivity contribution in [3.05, 3.63) is 60.2 Å². The predicted octanol–water partition coefficient (Wildman–Crippen LogP) is 4.48. The second-order valence-electron chi connectivity index (χ2n) is 4.22. The molecule has 1 aromatic carbocycles. The second-order valence-corrected chi connectivity index (χ2v) is 4.89.